The highest BCUT2D eigenvalue weighted by Gasteiger charge is 2.42. The molecule has 0 heterocycles. The van der Waals surface area contributed by atoms with Crippen LogP contribution in [0, 0.1) is 22.2 Å². The number of nitrogens with zero attached hydrogens (tertiary/aromatic N) is 1. The van der Waals surface area contributed by atoms with Crippen LogP contribution in [0.2, 0.25) is 0 Å². The van der Waals surface area contributed by atoms with Crippen LogP contribution < -0.4 is 0 Å². The summed E-state index contributed by atoms with van der Waals surface area (Å²) in [5, 5.41) is 8.32. The largest absolute Gasteiger partial charge is 0.469 e. The van der Waals surface area contributed by atoms with Crippen LogP contribution in [0.15, 0.2) is 0 Å². The Bertz CT molecular complexity index is 479. The monoisotopic (exact) mass is 327 g/mol. The minimum atomic E-state index is -0.853. The second kappa shape index (κ2) is 9.13. The van der Waals surface area contributed by atoms with E-state index in [4.69, 9.17) is 19.5 Å². The van der Waals surface area contributed by atoms with Crippen LogP contribution in [0.25, 0.3) is 0 Å². The van der Waals surface area contributed by atoms with Gasteiger partial charge in [0.15, 0.2) is 0 Å². The summed E-state index contributed by atoms with van der Waals surface area (Å²) in [4.78, 5) is 35.1. The lowest BCUT2D eigenvalue weighted by atomic mass is 9.72. The molecule has 0 aliphatic heterocycles. The van der Waals surface area contributed by atoms with Crippen LogP contribution in [0.5, 0.6) is 0 Å². The molecule has 0 spiro atoms. The third-order valence-corrected chi connectivity index (χ3v) is 3.65. The number of carbonyl (C=O) groups is 3. The third kappa shape index (κ3) is 6.68. The maximum absolute atomic E-state index is 12.3. The zero-order valence-corrected chi connectivity index (χ0v) is 14.4. The van der Waals surface area contributed by atoms with Crippen LogP contribution >= 0.6 is 0 Å². The van der Waals surface area contributed by atoms with Crippen molar-refractivity contribution in [1.82, 2.24) is 0 Å². The average Bonchev–Trinajstić information content (AvgIpc) is 2.50. The predicted octanol–water partition coefficient (Wildman–Crippen LogP) is 1.99. The van der Waals surface area contributed by atoms with Crippen LogP contribution in [-0.4, -0.2) is 38.2 Å². The van der Waals surface area contributed by atoms with E-state index in [9.17, 15) is 14.4 Å². The van der Waals surface area contributed by atoms with E-state index in [1.165, 1.54) is 7.11 Å². The van der Waals surface area contributed by atoms with Gasteiger partial charge in [-0.3, -0.25) is 14.4 Å². The molecule has 0 rings (SSSR count). The number of hydrogen-bond acceptors (Lipinski definition) is 7. The number of ether oxygens (including phenoxy) is 3. The molecule has 7 heteroatoms. The van der Waals surface area contributed by atoms with E-state index in [-0.39, 0.29) is 26.1 Å². The molecule has 0 N–H and O–H groups in total. The molecule has 0 aliphatic rings. The molecule has 23 heavy (non-hydrogen) atoms. The zero-order chi connectivity index (χ0) is 18.1. The Morgan fingerprint density at radius 1 is 1.04 bits per heavy atom. The zero-order valence-electron chi connectivity index (χ0n) is 14.4. The summed E-state index contributed by atoms with van der Waals surface area (Å²) in [6.07, 6.45) is 0.421. The molecule has 0 amide bonds. The van der Waals surface area contributed by atoms with Gasteiger partial charge in [0.2, 0.25) is 0 Å². The highest BCUT2D eigenvalue weighted by atomic mass is 16.6. The van der Waals surface area contributed by atoms with Crippen molar-refractivity contribution in [2.24, 2.45) is 10.8 Å². The molecule has 1 atom stereocenters. The second-order valence-electron chi connectivity index (χ2n) is 6.16. The Hall–Kier alpha value is -2.10. The van der Waals surface area contributed by atoms with Crippen molar-refractivity contribution in [3.63, 3.8) is 0 Å². The van der Waals surface area contributed by atoms with Crippen LogP contribution in [0.3, 0.4) is 0 Å². The molecule has 0 saturated heterocycles. The first-order chi connectivity index (χ1) is 10.6. The lowest BCUT2D eigenvalue weighted by molar-refractivity contribution is -0.164. The SMILES string of the molecule is CCC(C)(CC(C)(C)C(=O)OC)C(=O)OCCOC(=O)CC#N. The minimum Gasteiger partial charge on any atom is -0.469 e. The molecule has 1 unspecified atom stereocenters. The first kappa shape index (κ1) is 20.9. The maximum atomic E-state index is 12.3. The van der Waals surface area contributed by atoms with Crippen molar-refractivity contribution in [2.75, 3.05) is 20.3 Å². The number of hydrogen-bond donors (Lipinski definition) is 0. The Labute approximate surface area is 136 Å². The number of methoxy groups -OCH3 is 1. The standard InChI is InChI=1S/C16H25NO6/c1-6-16(4,11-15(2,3)13(19)21-5)14(20)23-10-9-22-12(18)7-8-17/h6-7,9-11H2,1-5H3. The summed E-state index contributed by atoms with van der Waals surface area (Å²) >= 11 is 0. The van der Waals surface area contributed by atoms with E-state index in [0.717, 1.165) is 0 Å². The Morgan fingerprint density at radius 2 is 1.61 bits per heavy atom. The first-order valence-corrected chi connectivity index (χ1v) is 7.41. The highest BCUT2D eigenvalue weighted by molar-refractivity contribution is 5.80. The lowest BCUT2D eigenvalue weighted by Gasteiger charge is -2.33. The third-order valence-electron chi connectivity index (χ3n) is 3.65. The van der Waals surface area contributed by atoms with Crippen molar-refractivity contribution in [3.8, 4) is 6.07 Å². The normalized spacial score (nSPS) is 13.4. The predicted molar refractivity (Wildman–Crippen MR) is 81.0 cm³/mol. The van der Waals surface area contributed by atoms with Crippen molar-refractivity contribution >= 4 is 17.9 Å². The number of carbonyl (C=O) groups excluding carboxylic acids is 3. The lowest BCUT2D eigenvalue weighted by Crippen LogP contribution is -2.38. The molecule has 0 bridgehead atoms. The van der Waals surface area contributed by atoms with Crippen molar-refractivity contribution in [1.29, 1.82) is 5.26 Å². The quantitative estimate of drug-likeness (QED) is 0.362. The molecular weight excluding hydrogens is 302 g/mol. The fourth-order valence-electron chi connectivity index (χ4n) is 2.25. The van der Waals surface area contributed by atoms with Gasteiger partial charge in [-0.1, -0.05) is 6.92 Å². The topological polar surface area (TPSA) is 103 Å². The maximum Gasteiger partial charge on any atom is 0.320 e. The van der Waals surface area contributed by atoms with E-state index in [1.807, 2.05) is 6.92 Å². The Balaban J connectivity index is 4.58. The molecule has 0 aromatic heterocycles. The van der Waals surface area contributed by atoms with Gasteiger partial charge >= 0.3 is 17.9 Å². The van der Waals surface area contributed by atoms with Gasteiger partial charge in [-0.15, -0.1) is 0 Å². The summed E-state index contributed by atoms with van der Waals surface area (Å²) < 4.78 is 14.6. The van der Waals surface area contributed by atoms with Crippen LogP contribution in [0.4, 0.5) is 0 Å². The summed E-state index contributed by atoms with van der Waals surface area (Å²) in [6, 6.07) is 1.67. The van der Waals surface area contributed by atoms with Crippen LogP contribution in [-0.2, 0) is 28.6 Å². The van der Waals surface area contributed by atoms with E-state index < -0.39 is 28.7 Å². The molecule has 7 nitrogen and oxygen atoms in total. The Morgan fingerprint density at radius 3 is 2.09 bits per heavy atom. The van der Waals surface area contributed by atoms with Gasteiger partial charge in [0.1, 0.15) is 19.6 Å². The molecular formula is C16H25NO6. The molecule has 0 aliphatic carbocycles. The van der Waals surface area contributed by atoms with Crippen molar-refractivity contribution in [3.05, 3.63) is 0 Å². The smallest absolute Gasteiger partial charge is 0.320 e. The summed E-state index contributed by atoms with van der Waals surface area (Å²) in [7, 11) is 1.31. The van der Waals surface area contributed by atoms with E-state index in [0.29, 0.717) is 6.42 Å². The molecule has 0 radical (unpaired) electrons. The fraction of sp³-hybridized carbons (Fsp3) is 0.750. The average molecular weight is 327 g/mol. The molecule has 0 fully saturated rings. The molecule has 0 aromatic carbocycles. The second-order valence-corrected chi connectivity index (χ2v) is 6.16. The van der Waals surface area contributed by atoms with Gasteiger partial charge in [-0.05, 0) is 33.6 Å². The Kier molecular flexibility index (Phi) is 8.30. The van der Waals surface area contributed by atoms with Crippen molar-refractivity contribution in [2.45, 2.75) is 47.0 Å². The summed E-state index contributed by atoms with van der Waals surface area (Å²) in [5.41, 5.74) is -1.67. The number of rotatable bonds is 9. The van der Waals surface area contributed by atoms with E-state index in [2.05, 4.69) is 0 Å². The number of esters is 3. The van der Waals surface area contributed by atoms with Crippen LogP contribution in [0.1, 0.15) is 47.0 Å². The summed E-state index contributed by atoms with van der Waals surface area (Å²) in [5.74, 6) is -1.52. The molecule has 130 valence electrons. The number of nitriles is 1. The molecule has 0 aromatic rings. The minimum absolute atomic E-state index is 0.0930. The van der Waals surface area contributed by atoms with Gasteiger partial charge in [0.25, 0.3) is 0 Å². The highest BCUT2D eigenvalue weighted by Crippen LogP contribution is 2.38. The summed E-state index contributed by atoms with van der Waals surface area (Å²) in [6.45, 7) is 6.79. The molecule has 0 saturated carbocycles. The van der Waals surface area contributed by atoms with E-state index >= 15 is 0 Å². The van der Waals surface area contributed by atoms with Crippen molar-refractivity contribution < 1.29 is 28.6 Å². The van der Waals surface area contributed by atoms with Gasteiger partial charge in [0.05, 0.1) is 24.0 Å². The van der Waals surface area contributed by atoms with Gasteiger partial charge < -0.3 is 14.2 Å². The van der Waals surface area contributed by atoms with E-state index in [1.54, 1.807) is 26.8 Å². The van der Waals surface area contributed by atoms with Gasteiger partial charge in [-0.25, -0.2) is 0 Å². The van der Waals surface area contributed by atoms with Gasteiger partial charge in [-0.2, -0.15) is 5.26 Å². The fourth-order valence-corrected chi connectivity index (χ4v) is 2.25. The van der Waals surface area contributed by atoms with Gasteiger partial charge in [0, 0.05) is 0 Å². The first-order valence-electron chi connectivity index (χ1n) is 7.41.